The molecule has 2 aliphatic rings. The molecular formula is C21H16N4O3S. The lowest BCUT2D eigenvalue weighted by atomic mass is 10.1. The van der Waals surface area contributed by atoms with Crippen molar-refractivity contribution in [2.45, 2.75) is 6.92 Å². The third-order valence-electron chi connectivity index (χ3n) is 4.42. The van der Waals surface area contributed by atoms with Crippen molar-refractivity contribution in [1.29, 1.82) is 0 Å². The smallest absolute Gasteiger partial charge is 0.267 e. The number of hydrogen-bond acceptors (Lipinski definition) is 6. The van der Waals surface area contributed by atoms with Crippen LogP contribution >= 0.6 is 11.8 Å². The standard InChI is InChI=1S/C21H16N4O3S/c1-3-11-24-20(28)18(29-21(24)23-14-7-6-10-22-12-14)17-15-8-4-5-9-16(15)25(13(2)26)19(17)27/h3-10,12H,1,11H2,2H3/b18-17-,23-21?. The van der Waals surface area contributed by atoms with E-state index in [-0.39, 0.29) is 22.9 Å². The number of benzene rings is 1. The molecule has 0 aliphatic carbocycles. The minimum absolute atomic E-state index is 0.219. The van der Waals surface area contributed by atoms with Gasteiger partial charge in [-0.25, -0.2) is 9.89 Å². The highest BCUT2D eigenvalue weighted by Crippen LogP contribution is 2.44. The maximum Gasteiger partial charge on any atom is 0.267 e. The van der Waals surface area contributed by atoms with Crippen LogP contribution in [0, 0.1) is 0 Å². The van der Waals surface area contributed by atoms with Gasteiger partial charge in [-0.05, 0) is 30.0 Å². The number of hydrogen-bond donors (Lipinski definition) is 0. The van der Waals surface area contributed by atoms with Crippen molar-refractivity contribution in [3.8, 4) is 0 Å². The van der Waals surface area contributed by atoms with E-state index in [4.69, 9.17) is 0 Å². The zero-order chi connectivity index (χ0) is 20.5. The number of thioether (sulfide) groups is 1. The highest BCUT2D eigenvalue weighted by molar-refractivity contribution is 8.18. The second-order valence-corrected chi connectivity index (χ2v) is 7.27. The van der Waals surface area contributed by atoms with Crippen molar-refractivity contribution >= 4 is 51.6 Å². The van der Waals surface area contributed by atoms with Gasteiger partial charge < -0.3 is 0 Å². The van der Waals surface area contributed by atoms with E-state index in [1.807, 2.05) is 0 Å². The largest absolute Gasteiger partial charge is 0.283 e. The van der Waals surface area contributed by atoms with Gasteiger partial charge in [0.2, 0.25) is 5.91 Å². The van der Waals surface area contributed by atoms with E-state index in [0.717, 1.165) is 16.7 Å². The summed E-state index contributed by atoms with van der Waals surface area (Å²) in [5, 5.41) is 0.428. The van der Waals surface area contributed by atoms with E-state index in [2.05, 4.69) is 16.6 Å². The molecule has 1 aromatic carbocycles. The molecule has 0 radical (unpaired) electrons. The molecule has 0 unspecified atom stereocenters. The minimum atomic E-state index is -0.504. The quantitative estimate of drug-likeness (QED) is 0.580. The second kappa shape index (κ2) is 7.48. The van der Waals surface area contributed by atoms with Crippen LogP contribution < -0.4 is 4.90 Å². The molecule has 8 heteroatoms. The summed E-state index contributed by atoms with van der Waals surface area (Å²) < 4.78 is 0. The van der Waals surface area contributed by atoms with Crippen molar-refractivity contribution in [1.82, 2.24) is 9.88 Å². The molecular weight excluding hydrogens is 388 g/mol. The van der Waals surface area contributed by atoms with Gasteiger partial charge in [-0.2, -0.15) is 0 Å². The number of carbonyl (C=O) groups excluding carboxylic acids is 3. The molecule has 3 heterocycles. The van der Waals surface area contributed by atoms with Gasteiger partial charge in [0.25, 0.3) is 11.8 Å². The molecule has 0 N–H and O–H groups in total. The first kappa shape index (κ1) is 18.8. The predicted octanol–water partition coefficient (Wildman–Crippen LogP) is 3.13. The molecule has 0 bridgehead atoms. The molecule has 3 amide bonds. The topological polar surface area (TPSA) is 82.9 Å². The van der Waals surface area contributed by atoms with Crippen LogP contribution in [0.15, 0.2) is 71.3 Å². The highest BCUT2D eigenvalue weighted by atomic mass is 32.2. The number of aromatic nitrogens is 1. The number of anilines is 1. The van der Waals surface area contributed by atoms with Crippen LogP contribution in [0.25, 0.3) is 5.57 Å². The Hall–Kier alpha value is -3.52. The Balaban J connectivity index is 1.86. The molecule has 0 saturated carbocycles. The van der Waals surface area contributed by atoms with Gasteiger partial charge in [-0.1, -0.05) is 24.3 Å². The van der Waals surface area contributed by atoms with Crippen molar-refractivity contribution in [2.24, 2.45) is 4.99 Å². The number of aliphatic imine (C=N–C) groups is 1. The van der Waals surface area contributed by atoms with E-state index in [1.165, 1.54) is 11.8 Å². The lowest BCUT2D eigenvalue weighted by Crippen LogP contribution is -2.32. The number of fused-ring (bicyclic) bond motifs is 1. The van der Waals surface area contributed by atoms with Gasteiger partial charge in [0.05, 0.1) is 28.0 Å². The maximum absolute atomic E-state index is 13.2. The number of para-hydroxylation sites is 1. The van der Waals surface area contributed by atoms with E-state index >= 15 is 0 Å². The Morgan fingerprint density at radius 1 is 1.21 bits per heavy atom. The van der Waals surface area contributed by atoms with E-state index in [1.54, 1.807) is 54.9 Å². The number of nitrogens with zero attached hydrogens (tertiary/aromatic N) is 4. The van der Waals surface area contributed by atoms with Crippen LogP contribution in [0.1, 0.15) is 12.5 Å². The highest BCUT2D eigenvalue weighted by Gasteiger charge is 2.43. The fourth-order valence-electron chi connectivity index (χ4n) is 3.21. The summed E-state index contributed by atoms with van der Waals surface area (Å²) in [6, 6.07) is 10.5. The van der Waals surface area contributed by atoms with Gasteiger partial charge in [0, 0.05) is 25.2 Å². The summed E-state index contributed by atoms with van der Waals surface area (Å²) in [5.74, 6) is -1.25. The first-order valence-electron chi connectivity index (χ1n) is 8.81. The Kier molecular flexibility index (Phi) is 4.85. The summed E-state index contributed by atoms with van der Waals surface area (Å²) in [4.78, 5) is 49.6. The lowest BCUT2D eigenvalue weighted by Gasteiger charge is -2.12. The second-order valence-electron chi connectivity index (χ2n) is 6.29. The fourth-order valence-corrected chi connectivity index (χ4v) is 4.31. The van der Waals surface area contributed by atoms with Crippen LogP contribution in [0.5, 0.6) is 0 Å². The molecule has 1 saturated heterocycles. The Morgan fingerprint density at radius 2 is 2.00 bits per heavy atom. The Morgan fingerprint density at radius 3 is 2.69 bits per heavy atom. The minimum Gasteiger partial charge on any atom is -0.283 e. The monoisotopic (exact) mass is 404 g/mol. The maximum atomic E-state index is 13.2. The van der Waals surface area contributed by atoms with Crippen LogP contribution in [0.4, 0.5) is 11.4 Å². The molecule has 1 aromatic heterocycles. The summed E-state index contributed by atoms with van der Waals surface area (Å²) in [5.41, 5.74) is 1.85. The summed E-state index contributed by atoms with van der Waals surface area (Å²) in [6.07, 6.45) is 4.82. The molecule has 1 fully saturated rings. The van der Waals surface area contributed by atoms with Gasteiger partial charge in [-0.15, -0.1) is 6.58 Å². The molecule has 2 aromatic rings. The summed E-state index contributed by atoms with van der Waals surface area (Å²) in [6.45, 7) is 5.27. The third-order valence-corrected chi connectivity index (χ3v) is 5.50. The van der Waals surface area contributed by atoms with Gasteiger partial charge in [0.15, 0.2) is 5.17 Å². The fraction of sp³-hybridized carbons (Fsp3) is 0.0952. The SMILES string of the molecule is C=CCN1C(=O)/C(=C2/C(=O)N(C(C)=O)c3ccccc32)SC1=Nc1cccnc1. The molecule has 0 spiro atoms. The average molecular weight is 404 g/mol. The molecule has 144 valence electrons. The number of carbonyl (C=O) groups is 3. The number of amides is 3. The zero-order valence-corrected chi connectivity index (χ0v) is 16.3. The van der Waals surface area contributed by atoms with Crippen LogP contribution in [-0.2, 0) is 14.4 Å². The number of rotatable bonds is 3. The average Bonchev–Trinajstić information content (AvgIpc) is 3.17. The van der Waals surface area contributed by atoms with E-state index in [0.29, 0.717) is 22.1 Å². The van der Waals surface area contributed by atoms with Gasteiger partial charge >= 0.3 is 0 Å². The predicted molar refractivity (Wildman–Crippen MR) is 112 cm³/mol. The summed E-state index contributed by atoms with van der Waals surface area (Å²) >= 11 is 1.11. The number of pyridine rings is 1. The Bertz CT molecular complexity index is 1110. The number of amidine groups is 1. The van der Waals surface area contributed by atoms with Crippen molar-refractivity contribution in [3.63, 3.8) is 0 Å². The molecule has 2 aliphatic heterocycles. The van der Waals surface area contributed by atoms with Crippen LogP contribution in [0.3, 0.4) is 0 Å². The van der Waals surface area contributed by atoms with Gasteiger partial charge in [0.1, 0.15) is 0 Å². The zero-order valence-electron chi connectivity index (χ0n) is 15.5. The molecule has 7 nitrogen and oxygen atoms in total. The first-order valence-corrected chi connectivity index (χ1v) is 9.62. The van der Waals surface area contributed by atoms with Crippen LogP contribution in [0.2, 0.25) is 0 Å². The first-order chi connectivity index (χ1) is 14.0. The van der Waals surface area contributed by atoms with E-state index < -0.39 is 11.8 Å². The molecule has 29 heavy (non-hydrogen) atoms. The third kappa shape index (κ3) is 3.17. The van der Waals surface area contributed by atoms with Crippen LogP contribution in [-0.4, -0.2) is 39.3 Å². The molecule has 0 atom stereocenters. The van der Waals surface area contributed by atoms with Crippen molar-refractivity contribution in [3.05, 3.63) is 71.9 Å². The number of imide groups is 1. The van der Waals surface area contributed by atoms with Gasteiger partial charge in [-0.3, -0.25) is 24.3 Å². The van der Waals surface area contributed by atoms with E-state index in [9.17, 15) is 14.4 Å². The summed E-state index contributed by atoms with van der Waals surface area (Å²) in [7, 11) is 0. The molecule has 4 rings (SSSR count). The lowest BCUT2D eigenvalue weighted by molar-refractivity contribution is -0.124. The normalized spacial score (nSPS) is 19.8. The Labute approximate surface area is 171 Å². The van der Waals surface area contributed by atoms with Crippen molar-refractivity contribution in [2.75, 3.05) is 11.4 Å². The van der Waals surface area contributed by atoms with Crippen molar-refractivity contribution < 1.29 is 14.4 Å².